The van der Waals surface area contributed by atoms with Crippen LogP contribution in [0.25, 0.3) is 0 Å². The highest BCUT2D eigenvalue weighted by atomic mass is 16.3. The number of β-amino-alcohol motifs (C(OH)–C–C–N with tert-alkyl or cyclic N) is 1. The monoisotopic (exact) mass is 277 g/mol. The zero-order chi connectivity index (χ0) is 14.7. The molecule has 112 valence electrons. The van der Waals surface area contributed by atoms with Crippen molar-refractivity contribution in [3.8, 4) is 0 Å². The van der Waals surface area contributed by atoms with E-state index in [0.717, 1.165) is 25.9 Å². The second kappa shape index (κ2) is 6.57. The zero-order valence-corrected chi connectivity index (χ0v) is 12.8. The average molecular weight is 277 g/mol. The van der Waals surface area contributed by atoms with Gasteiger partial charge in [0.1, 0.15) is 0 Å². The first kappa shape index (κ1) is 15.3. The van der Waals surface area contributed by atoms with E-state index < -0.39 is 0 Å². The van der Waals surface area contributed by atoms with Gasteiger partial charge in [0, 0.05) is 30.9 Å². The van der Waals surface area contributed by atoms with Crippen LogP contribution in [0, 0.1) is 0 Å². The van der Waals surface area contributed by atoms with Crippen molar-refractivity contribution < 1.29 is 5.11 Å². The van der Waals surface area contributed by atoms with Crippen molar-refractivity contribution in [2.75, 3.05) is 32.1 Å². The van der Waals surface area contributed by atoms with E-state index in [1.165, 1.54) is 11.3 Å². The molecule has 1 aromatic carbocycles. The lowest BCUT2D eigenvalue weighted by Crippen LogP contribution is -2.37. The molecular weight excluding hydrogens is 250 g/mol. The molecule has 1 fully saturated rings. The molecule has 0 saturated carbocycles. The minimum Gasteiger partial charge on any atom is -0.391 e. The molecule has 4 nitrogen and oxygen atoms in total. The second-order valence-corrected chi connectivity index (χ2v) is 6.06. The Morgan fingerprint density at radius 1 is 1.35 bits per heavy atom. The molecule has 1 aliphatic heterocycles. The Morgan fingerprint density at radius 3 is 2.55 bits per heavy atom. The fraction of sp³-hybridized carbons (Fsp3) is 0.625. The summed E-state index contributed by atoms with van der Waals surface area (Å²) in [5.74, 6) is 0. The van der Waals surface area contributed by atoms with Crippen molar-refractivity contribution in [1.29, 1.82) is 0 Å². The van der Waals surface area contributed by atoms with Crippen molar-refractivity contribution in [3.05, 3.63) is 29.8 Å². The first-order chi connectivity index (χ1) is 9.51. The number of hydrogen-bond donors (Lipinski definition) is 2. The van der Waals surface area contributed by atoms with Gasteiger partial charge >= 0.3 is 0 Å². The highest BCUT2D eigenvalue weighted by molar-refractivity contribution is 5.50. The number of nitrogens with two attached hydrogens (primary N) is 1. The molecule has 3 N–H and O–H groups in total. The number of aliphatic hydroxyl groups is 1. The van der Waals surface area contributed by atoms with Crippen LogP contribution in [0.2, 0.25) is 0 Å². The summed E-state index contributed by atoms with van der Waals surface area (Å²) in [7, 11) is 4.15. The standard InChI is InChI=1S/C16H27N3O/c1-4-16(17)12-5-7-13(8-6-12)19-11-15(20)9-14(19)10-18(2)3/h5-8,14-16,20H,4,9-11,17H2,1-3H3/t14?,15?,16-/m1/s1. The molecule has 0 aliphatic carbocycles. The van der Waals surface area contributed by atoms with Crippen LogP contribution >= 0.6 is 0 Å². The molecule has 2 rings (SSSR count). The van der Waals surface area contributed by atoms with Crippen molar-refractivity contribution in [1.82, 2.24) is 4.90 Å². The zero-order valence-electron chi connectivity index (χ0n) is 12.8. The van der Waals surface area contributed by atoms with Crippen LogP contribution in [-0.4, -0.2) is 49.3 Å². The first-order valence-corrected chi connectivity index (χ1v) is 7.46. The molecule has 1 heterocycles. The fourth-order valence-corrected chi connectivity index (χ4v) is 2.95. The number of hydrogen-bond acceptors (Lipinski definition) is 4. The summed E-state index contributed by atoms with van der Waals surface area (Å²) in [5.41, 5.74) is 8.41. The van der Waals surface area contributed by atoms with E-state index in [1.54, 1.807) is 0 Å². The van der Waals surface area contributed by atoms with Gasteiger partial charge in [-0.2, -0.15) is 0 Å². The van der Waals surface area contributed by atoms with Gasteiger partial charge < -0.3 is 20.6 Å². The molecular formula is C16H27N3O. The largest absolute Gasteiger partial charge is 0.391 e. The third-order valence-corrected chi connectivity index (χ3v) is 4.06. The molecule has 0 spiro atoms. The Balaban J connectivity index is 2.12. The number of likely N-dealkylation sites (N-methyl/N-ethyl adjacent to an activating group) is 1. The molecule has 0 radical (unpaired) electrons. The summed E-state index contributed by atoms with van der Waals surface area (Å²) in [6, 6.07) is 8.98. The molecule has 1 aromatic rings. The molecule has 1 aliphatic rings. The maximum Gasteiger partial charge on any atom is 0.0735 e. The lowest BCUT2D eigenvalue weighted by atomic mass is 10.0. The number of aliphatic hydroxyl groups excluding tert-OH is 1. The Hall–Kier alpha value is -1.10. The Morgan fingerprint density at radius 2 is 2.00 bits per heavy atom. The van der Waals surface area contributed by atoms with Crippen LogP contribution in [0.5, 0.6) is 0 Å². The van der Waals surface area contributed by atoms with Crippen molar-refractivity contribution >= 4 is 5.69 Å². The molecule has 20 heavy (non-hydrogen) atoms. The predicted molar refractivity (Wildman–Crippen MR) is 84.0 cm³/mol. The SMILES string of the molecule is CC[C@@H](N)c1ccc(N2CC(O)CC2CN(C)C)cc1. The predicted octanol–water partition coefficient (Wildman–Crippen LogP) is 1.60. The average Bonchev–Trinajstić information content (AvgIpc) is 2.78. The summed E-state index contributed by atoms with van der Waals surface area (Å²) in [4.78, 5) is 4.49. The van der Waals surface area contributed by atoms with Gasteiger partial charge in [-0.15, -0.1) is 0 Å². The van der Waals surface area contributed by atoms with Gasteiger partial charge in [0.15, 0.2) is 0 Å². The summed E-state index contributed by atoms with van der Waals surface area (Å²) in [5, 5.41) is 9.94. The highest BCUT2D eigenvalue weighted by Gasteiger charge is 2.31. The van der Waals surface area contributed by atoms with Crippen LogP contribution in [0.3, 0.4) is 0 Å². The maximum atomic E-state index is 9.94. The summed E-state index contributed by atoms with van der Waals surface area (Å²) >= 11 is 0. The molecule has 1 saturated heterocycles. The number of anilines is 1. The summed E-state index contributed by atoms with van der Waals surface area (Å²) in [6.07, 6.45) is 1.57. The minimum atomic E-state index is -0.225. The Labute approximate surface area is 122 Å². The fourth-order valence-electron chi connectivity index (χ4n) is 2.95. The molecule has 4 heteroatoms. The van der Waals surface area contributed by atoms with Gasteiger partial charge in [0.2, 0.25) is 0 Å². The molecule has 3 atom stereocenters. The summed E-state index contributed by atoms with van der Waals surface area (Å²) in [6.45, 7) is 3.79. The van der Waals surface area contributed by atoms with E-state index in [4.69, 9.17) is 5.73 Å². The van der Waals surface area contributed by atoms with Crippen molar-refractivity contribution in [3.63, 3.8) is 0 Å². The second-order valence-electron chi connectivity index (χ2n) is 6.06. The van der Waals surface area contributed by atoms with Gasteiger partial charge in [0.05, 0.1) is 6.10 Å². The van der Waals surface area contributed by atoms with E-state index in [-0.39, 0.29) is 12.1 Å². The van der Waals surface area contributed by atoms with Crippen LogP contribution < -0.4 is 10.6 Å². The molecule has 0 amide bonds. The van der Waals surface area contributed by atoms with Crippen LogP contribution in [-0.2, 0) is 0 Å². The highest BCUT2D eigenvalue weighted by Crippen LogP contribution is 2.27. The van der Waals surface area contributed by atoms with E-state index in [9.17, 15) is 5.11 Å². The van der Waals surface area contributed by atoms with E-state index >= 15 is 0 Å². The third-order valence-electron chi connectivity index (χ3n) is 4.06. The lowest BCUT2D eigenvalue weighted by molar-refractivity contribution is 0.191. The van der Waals surface area contributed by atoms with Crippen LogP contribution in [0.4, 0.5) is 5.69 Å². The number of rotatable bonds is 5. The maximum absolute atomic E-state index is 9.94. The molecule has 2 unspecified atom stereocenters. The quantitative estimate of drug-likeness (QED) is 0.858. The molecule has 0 aromatic heterocycles. The van der Waals surface area contributed by atoms with Gasteiger partial charge in [-0.1, -0.05) is 19.1 Å². The lowest BCUT2D eigenvalue weighted by Gasteiger charge is -2.29. The van der Waals surface area contributed by atoms with Crippen LogP contribution in [0.15, 0.2) is 24.3 Å². The topological polar surface area (TPSA) is 52.7 Å². The molecule has 0 bridgehead atoms. The van der Waals surface area contributed by atoms with Gasteiger partial charge in [-0.25, -0.2) is 0 Å². The van der Waals surface area contributed by atoms with E-state index in [1.807, 2.05) is 0 Å². The van der Waals surface area contributed by atoms with E-state index in [2.05, 4.69) is 55.1 Å². The Kier molecular flexibility index (Phi) is 5.02. The third kappa shape index (κ3) is 3.51. The Bertz CT molecular complexity index is 418. The van der Waals surface area contributed by atoms with Gasteiger partial charge in [0.25, 0.3) is 0 Å². The normalized spacial score (nSPS) is 24.4. The first-order valence-electron chi connectivity index (χ1n) is 7.46. The number of nitrogens with zero attached hydrogens (tertiary/aromatic N) is 2. The van der Waals surface area contributed by atoms with Gasteiger partial charge in [-0.3, -0.25) is 0 Å². The van der Waals surface area contributed by atoms with E-state index in [0.29, 0.717) is 6.04 Å². The number of benzene rings is 1. The summed E-state index contributed by atoms with van der Waals surface area (Å²) < 4.78 is 0. The van der Waals surface area contributed by atoms with Crippen molar-refractivity contribution in [2.45, 2.75) is 38.0 Å². The minimum absolute atomic E-state index is 0.116. The van der Waals surface area contributed by atoms with Crippen LogP contribution in [0.1, 0.15) is 31.4 Å². The van der Waals surface area contributed by atoms with Crippen molar-refractivity contribution in [2.24, 2.45) is 5.73 Å². The smallest absolute Gasteiger partial charge is 0.0735 e. The van der Waals surface area contributed by atoms with Gasteiger partial charge in [-0.05, 0) is 44.6 Å².